The fourth-order valence-corrected chi connectivity index (χ4v) is 5.55. The molecular formula is C23H31N3O2S. The van der Waals surface area contributed by atoms with E-state index < -0.39 is 0 Å². The van der Waals surface area contributed by atoms with Crippen LogP contribution in [0.3, 0.4) is 0 Å². The zero-order valence-corrected chi connectivity index (χ0v) is 18.0. The summed E-state index contributed by atoms with van der Waals surface area (Å²) in [5.74, 6) is 1.72. The van der Waals surface area contributed by atoms with E-state index in [-0.39, 0.29) is 17.9 Å². The molecule has 2 fully saturated rings. The Labute approximate surface area is 177 Å². The van der Waals surface area contributed by atoms with Crippen molar-refractivity contribution in [1.82, 2.24) is 15.2 Å². The van der Waals surface area contributed by atoms with Crippen molar-refractivity contribution in [1.29, 1.82) is 0 Å². The van der Waals surface area contributed by atoms with Crippen LogP contribution < -0.4 is 10.1 Å². The summed E-state index contributed by atoms with van der Waals surface area (Å²) in [6.45, 7) is 2.98. The number of methoxy groups -OCH3 is 1. The molecule has 0 bridgehead atoms. The third-order valence-corrected chi connectivity index (χ3v) is 7.15. The highest BCUT2D eigenvalue weighted by molar-refractivity contribution is 7.09. The summed E-state index contributed by atoms with van der Waals surface area (Å²) in [4.78, 5) is 20.0. The van der Waals surface area contributed by atoms with Crippen LogP contribution in [0.2, 0.25) is 0 Å². The lowest BCUT2D eigenvalue weighted by molar-refractivity contribution is -0.126. The lowest BCUT2D eigenvalue weighted by atomic mass is 9.90. The van der Waals surface area contributed by atoms with Gasteiger partial charge in [0.1, 0.15) is 10.8 Å². The molecule has 6 heteroatoms. The summed E-state index contributed by atoms with van der Waals surface area (Å²) in [6, 6.07) is 8.34. The Hall–Kier alpha value is -1.92. The van der Waals surface area contributed by atoms with Crippen molar-refractivity contribution in [3.05, 3.63) is 46.4 Å². The van der Waals surface area contributed by atoms with Crippen LogP contribution in [0.15, 0.2) is 35.8 Å². The first-order valence-electron chi connectivity index (χ1n) is 10.8. The fraction of sp³-hybridized carbons (Fsp3) is 0.565. The van der Waals surface area contributed by atoms with Crippen LogP contribution in [0, 0.1) is 11.8 Å². The standard InChI is InChI=1S/C23H31N3O2S/c1-28-20-10-4-6-17(14-20)15-26-12-5-9-19(16-26)21(23-24-11-13-29-23)25-22(27)18-7-2-3-8-18/h4,6,10-11,13-14,18-19,21H,2-3,5,7-9,12,15-16H2,1H3,(H,25,27)/t19-,21+/m1/s1. The number of thiazole rings is 1. The molecule has 156 valence electrons. The van der Waals surface area contributed by atoms with E-state index in [1.807, 2.05) is 17.6 Å². The zero-order chi connectivity index (χ0) is 20.1. The molecule has 0 spiro atoms. The molecule has 2 aliphatic rings. The average molecular weight is 414 g/mol. The van der Waals surface area contributed by atoms with Gasteiger partial charge in [0.2, 0.25) is 5.91 Å². The summed E-state index contributed by atoms with van der Waals surface area (Å²) in [5.41, 5.74) is 1.27. The molecule has 4 rings (SSSR count). The SMILES string of the molecule is COc1cccc(CN2CCC[C@@H]([C@H](NC(=O)C3CCCC3)c3nccs3)C2)c1. The Morgan fingerprint density at radius 1 is 1.31 bits per heavy atom. The van der Waals surface area contributed by atoms with Crippen LogP contribution in [0.25, 0.3) is 0 Å². The minimum absolute atomic E-state index is 0.0243. The molecule has 0 radical (unpaired) electrons. The minimum Gasteiger partial charge on any atom is -0.497 e. The third kappa shape index (κ3) is 5.17. The highest BCUT2D eigenvalue weighted by Crippen LogP contribution is 2.33. The highest BCUT2D eigenvalue weighted by atomic mass is 32.1. The van der Waals surface area contributed by atoms with E-state index in [0.29, 0.717) is 5.92 Å². The van der Waals surface area contributed by atoms with Crippen molar-refractivity contribution in [2.45, 2.75) is 51.1 Å². The van der Waals surface area contributed by atoms with E-state index in [1.54, 1.807) is 18.4 Å². The van der Waals surface area contributed by atoms with Gasteiger partial charge in [-0.15, -0.1) is 11.3 Å². The van der Waals surface area contributed by atoms with Crippen molar-refractivity contribution < 1.29 is 9.53 Å². The average Bonchev–Trinajstić information content (AvgIpc) is 3.46. The lowest BCUT2D eigenvalue weighted by Gasteiger charge is -2.37. The minimum atomic E-state index is 0.0243. The summed E-state index contributed by atoms with van der Waals surface area (Å²) in [6.07, 6.45) is 8.55. The maximum absolute atomic E-state index is 12.9. The van der Waals surface area contributed by atoms with Crippen LogP contribution in [0.5, 0.6) is 5.75 Å². The second kappa shape index (κ2) is 9.72. The van der Waals surface area contributed by atoms with Crippen LogP contribution in [-0.4, -0.2) is 36.0 Å². The largest absolute Gasteiger partial charge is 0.497 e. The van der Waals surface area contributed by atoms with Gasteiger partial charge >= 0.3 is 0 Å². The van der Waals surface area contributed by atoms with Crippen molar-refractivity contribution in [3.63, 3.8) is 0 Å². The smallest absolute Gasteiger partial charge is 0.223 e. The third-order valence-electron chi connectivity index (χ3n) is 6.29. The predicted molar refractivity (Wildman–Crippen MR) is 116 cm³/mol. The molecule has 1 amide bonds. The van der Waals surface area contributed by atoms with E-state index in [1.165, 1.54) is 18.4 Å². The summed E-state index contributed by atoms with van der Waals surface area (Å²) in [5, 5.41) is 6.46. The molecule has 1 aromatic heterocycles. The first-order valence-corrected chi connectivity index (χ1v) is 11.7. The number of hydrogen-bond acceptors (Lipinski definition) is 5. The molecule has 0 unspecified atom stereocenters. The Morgan fingerprint density at radius 3 is 2.93 bits per heavy atom. The van der Waals surface area contributed by atoms with Gasteiger partial charge in [-0.2, -0.15) is 0 Å². The molecule has 5 nitrogen and oxygen atoms in total. The molecule has 2 atom stereocenters. The second-order valence-electron chi connectivity index (χ2n) is 8.33. The number of carbonyl (C=O) groups is 1. The van der Waals surface area contributed by atoms with E-state index in [4.69, 9.17) is 4.74 Å². The van der Waals surface area contributed by atoms with E-state index >= 15 is 0 Å². The Kier molecular flexibility index (Phi) is 6.82. The maximum Gasteiger partial charge on any atom is 0.223 e. The van der Waals surface area contributed by atoms with Crippen LogP contribution in [0.4, 0.5) is 0 Å². The van der Waals surface area contributed by atoms with Gasteiger partial charge < -0.3 is 10.1 Å². The number of nitrogens with one attached hydrogen (secondary N) is 1. The molecule has 2 heterocycles. The summed E-state index contributed by atoms with van der Waals surface area (Å²) < 4.78 is 5.37. The maximum atomic E-state index is 12.9. The number of amides is 1. The number of carbonyl (C=O) groups excluding carboxylic acids is 1. The Bertz CT molecular complexity index is 789. The molecule has 1 saturated heterocycles. The number of hydrogen-bond donors (Lipinski definition) is 1. The second-order valence-corrected chi connectivity index (χ2v) is 9.25. The molecule has 1 aromatic carbocycles. The topological polar surface area (TPSA) is 54.5 Å². The van der Waals surface area contributed by atoms with Crippen molar-refractivity contribution in [3.8, 4) is 5.75 Å². The molecule has 1 N–H and O–H groups in total. The lowest BCUT2D eigenvalue weighted by Crippen LogP contribution is -2.43. The number of benzene rings is 1. The monoisotopic (exact) mass is 413 g/mol. The predicted octanol–water partition coefficient (Wildman–Crippen LogP) is 4.41. The van der Waals surface area contributed by atoms with Gasteiger partial charge in [0, 0.05) is 30.6 Å². The van der Waals surface area contributed by atoms with Gasteiger partial charge in [-0.05, 0) is 55.8 Å². The first-order chi connectivity index (χ1) is 14.2. The van der Waals surface area contributed by atoms with E-state index in [0.717, 1.165) is 56.1 Å². The van der Waals surface area contributed by atoms with E-state index in [9.17, 15) is 4.79 Å². The zero-order valence-electron chi connectivity index (χ0n) is 17.2. The van der Waals surface area contributed by atoms with Crippen molar-refractivity contribution >= 4 is 17.2 Å². The molecule has 1 aliphatic heterocycles. The van der Waals surface area contributed by atoms with Gasteiger partial charge in [-0.25, -0.2) is 4.98 Å². The quantitative estimate of drug-likeness (QED) is 0.730. The van der Waals surface area contributed by atoms with Crippen molar-refractivity contribution in [2.75, 3.05) is 20.2 Å². The van der Waals surface area contributed by atoms with E-state index in [2.05, 4.69) is 33.4 Å². The summed E-state index contributed by atoms with van der Waals surface area (Å²) >= 11 is 1.66. The molecule has 2 aromatic rings. The van der Waals surface area contributed by atoms with Gasteiger partial charge in [-0.1, -0.05) is 25.0 Å². The van der Waals surface area contributed by atoms with Crippen molar-refractivity contribution in [2.24, 2.45) is 11.8 Å². The van der Waals surface area contributed by atoms with Gasteiger partial charge in [0.05, 0.1) is 13.2 Å². The number of ether oxygens (including phenoxy) is 1. The fourth-order valence-electron chi connectivity index (χ4n) is 4.76. The number of aromatic nitrogens is 1. The molecule has 1 aliphatic carbocycles. The van der Waals surface area contributed by atoms with Gasteiger partial charge in [-0.3, -0.25) is 9.69 Å². The molecule has 29 heavy (non-hydrogen) atoms. The Balaban J connectivity index is 1.44. The number of likely N-dealkylation sites (tertiary alicyclic amines) is 1. The molecular weight excluding hydrogens is 382 g/mol. The van der Waals surface area contributed by atoms with Crippen LogP contribution in [0.1, 0.15) is 55.1 Å². The molecule has 1 saturated carbocycles. The van der Waals surface area contributed by atoms with Crippen LogP contribution >= 0.6 is 11.3 Å². The number of nitrogens with zero attached hydrogens (tertiary/aromatic N) is 2. The van der Waals surface area contributed by atoms with Crippen LogP contribution in [-0.2, 0) is 11.3 Å². The Morgan fingerprint density at radius 2 is 2.17 bits per heavy atom. The van der Waals surface area contributed by atoms with Gasteiger partial charge in [0.15, 0.2) is 0 Å². The first kappa shape index (κ1) is 20.4. The van der Waals surface area contributed by atoms with Gasteiger partial charge in [0.25, 0.3) is 0 Å². The number of rotatable bonds is 7. The summed E-state index contributed by atoms with van der Waals surface area (Å²) in [7, 11) is 1.71. The highest BCUT2D eigenvalue weighted by Gasteiger charge is 2.33. The normalized spacial score (nSPS) is 21.8. The number of piperidine rings is 1.